The highest BCUT2D eigenvalue weighted by Gasteiger charge is 2.19. The van der Waals surface area contributed by atoms with E-state index in [-0.39, 0.29) is 18.0 Å². The number of carbonyl (C=O) groups excluding carboxylic acids is 1. The van der Waals surface area contributed by atoms with Crippen LogP contribution in [0.3, 0.4) is 0 Å². The summed E-state index contributed by atoms with van der Waals surface area (Å²) in [5, 5.41) is 3.29. The standard InChI is InChI=1S/C17H27FN2O2/c1-6-15(13-9-7-8-10-14(13)18)19-11-12-20(5)16(21)22-17(2,3)4/h7-10,15,19H,6,11-12H2,1-5H3. The molecule has 4 nitrogen and oxygen atoms in total. The Bertz CT molecular complexity index is 486. The molecule has 1 aromatic rings. The van der Waals surface area contributed by atoms with E-state index in [0.29, 0.717) is 18.7 Å². The molecular formula is C17H27FN2O2. The van der Waals surface area contributed by atoms with Crippen LogP contribution in [0.15, 0.2) is 24.3 Å². The largest absolute Gasteiger partial charge is 0.444 e. The van der Waals surface area contributed by atoms with E-state index in [0.717, 1.165) is 6.42 Å². The number of hydrogen-bond acceptors (Lipinski definition) is 3. The topological polar surface area (TPSA) is 41.6 Å². The molecule has 1 aromatic carbocycles. The Kier molecular flexibility index (Phi) is 6.81. The molecule has 1 rings (SSSR count). The van der Waals surface area contributed by atoms with Crippen LogP contribution in [0.25, 0.3) is 0 Å². The third kappa shape index (κ3) is 6.02. The highest BCUT2D eigenvalue weighted by Crippen LogP contribution is 2.19. The van der Waals surface area contributed by atoms with Gasteiger partial charge < -0.3 is 15.0 Å². The first kappa shape index (κ1) is 18.4. The van der Waals surface area contributed by atoms with Gasteiger partial charge in [0, 0.05) is 31.7 Å². The second-order valence-electron chi connectivity index (χ2n) is 6.34. The second kappa shape index (κ2) is 8.13. The Morgan fingerprint density at radius 1 is 1.36 bits per heavy atom. The molecule has 5 heteroatoms. The van der Waals surface area contributed by atoms with Crippen molar-refractivity contribution in [1.29, 1.82) is 0 Å². The van der Waals surface area contributed by atoms with Crippen molar-refractivity contribution < 1.29 is 13.9 Å². The van der Waals surface area contributed by atoms with Gasteiger partial charge in [-0.25, -0.2) is 9.18 Å². The van der Waals surface area contributed by atoms with Gasteiger partial charge in [-0.1, -0.05) is 25.1 Å². The zero-order chi connectivity index (χ0) is 16.8. The maximum atomic E-state index is 13.8. The van der Waals surface area contributed by atoms with E-state index >= 15 is 0 Å². The Morgan fingerprint density at radius 3 is 2.55 bits per heavy atom. The number of carbonyl (C=O) groups is 1. The fraction of sp³-hybridized carbons (Fsp3) is 0.588. The molecule has 0 saturated carbocycles. The van der Waals surface area contributed by atoms with Crippen LogP contribution in [-0.2, 0) is 4.74 Å². The minimum Gasteiger partial charge on any atom is -0.444 e. The van der Waals surface area contributed by atoms with Gasteiger partial charge in [0.2, 0.25) is 0 Å². The van der Waals surface area contributed by atoms with Crippen molar-refractivity contribution in [2.24, 2.45) is 0 Å². The number of amides is 1. The van der Waals surface area contributed by atoms with Gasteiger partial charge in [0.05, 0.1) is 0 Å². The summed E-state index contributed by atoms with van der Waals surface area (Å²) in [6.45, 7) is 8.58. The number of ether oxygens (including phenoxy) is 1. The Morgan fingerprint density at radius 2 is 2.00 bits per heavy atom. The SMILES string of the molecule is CCC(NCCN(C)C(=O)OC(C)(C)C)c1ccccc1F. The minimum absolute atomic E-state index is 0.0618. The van der Waals surface area contributed by atoms with Crippen LogP contribution in [0.1, 0.15) is 45.7 Å². The highest BCUT2D eigenvalue weighted by molar-refractivity contribution is 5.67. The summed E-state index contributed by atoms with van der Waals surface area (Å²) in [4.78, 5) is 13.4. The lowest BCUT2D eigenvalue weighted by atomic mass is 10.0. The third-order valence-electron chi connectivity index (χ3n) is 3.23. The van der Waals surface area contributed by atoms with Gasteiger partial charge >= 0.3 is 6.09 Å². The summed E-state index contributed by atoms with van der Waals surface area (Å²) in [6, 6.07) is 6.70. The van der Waals surface area contributed by atoms with Gasteiger partial charge in [-0.3, -0.25) is 0 Å². The first-order valence-electron chi connectivity index (χ1n) is 7.66. The lowest BCUT2D eigenvalue weighted by Crippen LogP contribution is -2.38. The minimum atomic E-state index is -0.502. The summed E-state index contributed by atoms with van der Waals surface area (Å²) in [5.74, 6) is -0.206. The lowest BCUT2D eigenvalue weighted by Gasteiger charge is -2.25. The van der Waals surface area contributed by atoms with Gasteiger partial charge in [-0.15, -0.1) is 0 Å². The maximum Gasteiger partial charge on any atom is 0.410 e. The monoisotopic (exact) mass is 310 g/mol. The van der Waals surface area contributed by atoms with E-state index in [4.69, 9.17) is 4.74 Å². The van der Waals surface area contributed by atoms with Gasteiger partial charge in [-0.05, 0) is 33.3 Å². The molecule has 22 heavy (non-hydrogen) atoms. The molecule has 0 aliphatic heterocycles. The fourth-order valence-electron chi connectivity index (χ4n) is 2.07. The molecule has 0 aliphatic carbocycles. The molecule has 1 N–H and O–H groups in total. The normalized spacial score (nSPS) is 12.8. The average molecular weight is 310 g/mol. The number of benzene rings is 1. The first-order chi connectivity index (χ1) is 10.2. The molecule has 0 heterocycles. The number of hydrogen-bond donors (Lipinski definition) is 1. The summed E-state index contributed by atoms with van der Waals surface area (Å²) in [7, 11) is 1.69. The van der Waals surface area contributed by atoms with Crippen molar-refractivity contribution in [2.75, 3.05) is 20.1 Å². The fourth-order valence-corrected chi connectivity index (χ4v) is 2.07. The molecule has 0 radical (unpaired) electrons. The molecule has 0 spiro atoms. The first-order valence-corrected chi connectivity index (χ1v) is 7.66. The third-order valence-corrected chi connectivity index (χ3v) is 3.23. The van der Waals surface area contributed by atoms with E-state index in [1.165, 1.54) is 11.0 Å². The van der Waals surface area contributed by atoms with Crippen LogP contribution in [0.4, 0.5) is 9.18 Å². The number of nitrogens with zero attached hydrogens (tertiary/aromatic N) is 1. The summed E-state index contributed by atoms with van der Waals surface area (Å²) >= 11 is 0. The van der Waals surface area contributed by atoms with Crippen LogP contribution in [0, 0.1) is 5.82 Å². The number of rotatable bonds is 6. The Labute approximate surface area is 132 Å². The van der Waals surface area contributed by atoms with E-state index in [2.05, 4.69) is 5.32 Å². The second-order valence-corrected chi connectivity index (χ2v) is 6.34. The predicted molar refractivity (Wildman–Crippen MR) is 86.3 cm³/mol. The van der Waals surface area contributed by atoms with Crippen LogP contribution >= 0.6 is 0 Å². The summed E-state index contributed by atoms with van der Waals surface area (Å²) in [5.41, 5.74) is 0.155. The highest BCUT2D eigenvalue weighted by atomic mass is 19.1. The number of halogens is 1. The smallest absolute Gasteiger partial charge is 0.410 e. The van der Waals surface area contributed by atoms with E-state index in [1.807, 2.05) is 33.8 Å². The van der Waals surface area contributed by atoms with Crippen molar-refractivity contribution in [1.82, 2.24) is 10.2 Å². The van der Waals surface area contributed by atoms with Crippen LogP contribution in [0.5, 0.6) is 0 Å². The van der Waals surface area contributed by atoms with Crippen LogP contribution in [0.2, 0.25) is 0 Å². The van der Waals surface area contributed by atoms with Gasteiger partial charge in [0.15, 0.2) is 0 Å². The van der Waals surface area contributed by atoms with Crippen molar-refractivity contribution in [3.05, 3.63) is 35.6 Å². The molecular weight excluding hydrogens is 283 g/mol. The van der Waals surface area contributed by atoms with E-state index < -0.39 is 5.60 Å². The molecule has 1 amide bonds. The summed E-state index contributed by atoms with van der Waals surface area (Å²) in [6.07, 6.45) is 0.421. The average Bonchev–Trinajstić information content (AvgIpc) is 2.42. The molecule has 0 aromatic heterocycles. The Balaban J connectivity index is 2.48. The van der Waals surface area contributed by atoms with Gasteiger partial charge in [-0.2, -0.15) is 0 Å². The van der Waals surface area contributed by atoms with E-state index in [9.17, 15) is 9.18 Å². The van der Waals surface area contributed by atoms with Crippen molar-refractivity contribution >= 4 is 6.09 Å². The molecule has 0 saturated heterocycles. The molecule has 0 fully saturated rings. The summed E-state index contributed by atoms with van der Waals surface area (Å²) < 4.78 is 19.1. The zero-order valence-electron chi connectivity index (χ0n) is 14.1. The van der Waals surface area contributed by atoms with Crippen molar-refractivity contribution in [2.45, 2.75) is 45.8 Å². The zero-order valence-corrected chi connectivity index (χ0v) is 14.1. The quantitative estimate of drug-likeness (QED) is 0.870. The lowest BCUT2D eigenvalue weighted by molar-refractivity contribution is 0.0299. The van der Waals surface area contributed by atoms with Gasteiger partial charge in [0.1, 0.15) is 11.4 Å². The van der Waals surface area contributed by atoms with Gasteiger partial charge in [0.25, 0.3) is 0 Å². The number of likely N-dealkylation sites (N-methyl/N-ethyl adjacent to an activating group) is 1. The van der Waals surface area contributed by atoms with E-state index in [1.54, 1.807) is 19.2 Å². The molecule has 1 unspecified atom stereocenters. The molecule has 124 valence electrons. The molecule has 0 bridgehead atoms. The maximum absolute atomic E-state index is 13.8. The van der Waals surface area contributed by atoms with Crippen molar-refractivity contribution in [3.63, 3.8) is 0 Å². The van der Waals surface area contributed by atoms with Crippen LogP contribution in [-0.4, -0.2) is 36.7 Å². The Hall–Kier alpha value is -1.62. The van der Waals surface area contributed by atoms with Crippen LogP contribution < -0.4 is 5.32 Å². The molecule has 1 atom stereocenters. The van der Waals surface area contributed by atoms with Crippen molar-refractivity contribution in [3.8, 4) is 0 Å². The molecule has 0 aliphatic rings. The predicted octanol–water partition coefficient (Wildman–Crippen LogP) is 3.73. The number of nitrogens with one attached hydrogen (secondary N) is 1.